The Hall–Kier alpha value is -1.72. The first kappa shape index (κ1) is 16.1. The maximum absolute atomic E-state index is 13.3. The smallest absolute Gasteiger partial charge is 0.234 e. The molecule has 1 amide bonds. The van der Waals surface area contributed by atoms with Gasteiger partial charge in [-0.15, -0.1) is 11.3 Å². The van der Waals surface area contributed by atoms with Crippen molar-refractivity contribution in [3.63, 3.8) is 0 Å². The lowest BCUT2D eigenvalue weighted by atomic mass is 10.1. The Labute approximate surface area is 140 Å². The molecule has 5 heteroatoms. The molecule has 3 nitrogen and oxygen atoms in total. The van der Waals surface area contributed by atoms with E-state index >= 15 is 0 Å². The third kappa shape index (κ3) is 4.62. The standard InChI is InChI=1S/C18H21FN2OS/c1-13-9-14(4-7-17(13)19)10-20-18(22)12-21(15-5-6-15)11-16-3-2-8-23-16/h2-4,7-9,15H,5-6,10-12H2,1H3,(H,20,22). The summed E-state index contributed by atoms with van der Waals surface area (Å²) in [5.41, 5.74) is 1.53. The van der Waals surface area contributed by atoms with Gasteiger partial charge in [0, 0.05) is 24.0 Å². The van der Waals surface area contributed by atoms with Crippen molar-refractivity contribution in [2.24, 2.45) is 0 Å². The van der Waals surface area contributed by atoms with Gasteiger partial charge >= 0.3 is 0 Å². The molecule has 1 aromatic carbocycles. The molecule has 1 aromatic heterocycles. The molecule has 0 aliphatic heterocycles. The fraction of sp³-hybridized carbons (Fsp3) is 0.389. The van der Waals surface area contributed by atoms with Gasteiger partial charge in [0.05, 0.1) is 6.54 Å². The molecular formula is C18H21FN2OS. The van der Waals surface area contributed by atoms with Gasteiger partial charge < -0.3 is 5.32 Å². The second-order valence-electron chi connectivity index (χ2n) is 6.08. The molecule has 2 aromatic rings. The summed E-state index contributed by atoms with van der Waals surface area (Å²) < 4.78 is 13.3. The van der Waals surface area contributed by atoms with E-state index in [1.165, 1.54) is 23.8 Å². The normalized spacial score (nSPS) is 14.2. The minimum atomic E-state index is -0.212. The summed E-state index contributed by atoms with van der Waals surface area (Å²) in [6, 6.07) is 9.63. The first-order valence-electron chi connectivity index (χ1n) is 7.90. The van der Waals surface area contributed by atoms with E-state index in [4.69, 9.17) is 0 Å². The van der Waals surface area contributed by atoms with Crippen LogP contribution < -0.4 is 5.32 Å². The lowest BCUT2D eigenvalue weighted by Crippen LogP contribution is -2.37. The number of thiophene rings is 1. The summed E-state index contributed by atoms with van der Waals surface area (Å²) in [7, 11) is 0. The van der Waals surface area contributed by atoms with Gasteiger partial charge in [0.25, 0.3) is 0 Å². The number of nitrogens with zero attached hydrogens (tertiary/aromatic N) is 1. The second-order valence-corrected chi connectivity index (χ2v) is 7.11. The molecule has 0 spiro atoms. The van der Waals surface area contributed by atoms with Gasteiger partial charge in [-0.3, -0.25) is 9.69 Å². The molecule has 0 bridgehead atoms. The van der Waals surface area contributed by atoms with Crippen LogP contribution in [0.4, 0.5) is 4.39 Å². The van der Waals surface area contributed by atoms with Crippen molar-refractivity contribution in [2.45, 2.75) is 38.9 Å². The summed E-state index contributed by atoms with van der Waals surface area (Å²) in [5.74, 6) is -0.189. The third-order valence-electron chi connectivity index (χ3n) is 4.06. The molecule has 1 fully saturated rings. The second kappa shape index (κ2) is 7.23. The minimum Gasteiger partial charge on any atom is -0.351 e. The number of aryl methyl sites for hydroxylation is 1. The van der Waals surface area contributed by atoms with E-state index in [1.54, 1.807) is 30.4 Å². The zero-order valence-corrected chi connectivity index (χ0v) is 14.0. The maximum atomic E-state index is 13.3. The van der Waals surface area contributed by atoms with Gasteiger partial charge in [-0.2, -0.15) is 0 Å². The van der Waals surface area contributed by atoms with Crippen LogP contribution in [0.3, 0.4) is 0 Å². The molecule has 1 aliphatic rings. The number of rotatable bonds is 7. The molecular weight excluding hydrogens is 311 g/mol. The topological polar surface area (TPSA) is 32.3 Å². The van der Waals surface area contributed by atoms with Crippen LogP contribution in [0.2, 0.25) is 0 Å². The van der Waals surface area contributed by atoms with Crippen molar-refractivity contribution >= 4 is 17.2 Å². The molecule has 23 heavy (non-hydrogen) atoms. The number of hydrogen-bond acceptors (Lipinski definition) is 3. The van der Waals surface area contributed by atoms with Crippen LogP contribution in [-0.4, -0.2) is 23.4 Å². The number of carbonyl (C=O) groups excluding carboxylic acids is 1. The van der Waals surface area contributed by atoms with Crippen molar-refractivity contribution < 1.29 is 9.18 Å². The third-order valence-corrected chi connectivity index (χ3v) is 4.92. The molecule has 0 radical (unpaired) electrons. The van der Waals surface area contributed by atoms with E-state index in [0.29, 0.717) is 24.7 Å². The molecule has 1 N–H and O–H groups in total. The summed E-state index contributed by atoms with van der Waals surface area (Å²) in [4.78, 5) is 15.8. The molecule has 122 valence electrons. The van der Waals surface area contributed by atoms with Gasteiger partial charge in [0.15, 0.2) is 0 Å². The number of carbonyl (C=O) groups is 1. The highest BCUT2D eigenvalue weighted by molar-refractivity contribution is 7.09. The number of halogens is 1. The fourth-order valence-corrected chi connectivity index (χ4v) is 3.34. The number of nitrogens with one attached hydrogen (secondary N) is 1. The minimum absolute atomic E-state index is 0.0236. The van der Waals surface area contributed by atoms with Crippen LogP contribution >= 0.6 is 11.3 Å². The highest BCUT2D eigenvalue weighted by Crippen LogP contribution is 2.28. The average molecular weight is 332 g/mol. The largest absolute Gasteiger partial charge is 0.351 e. The molecule has 0 unspecified atom stereocenters. The van der Waals surface area contributed by atoms with Crippen molar-refractivity contribution in [1.82, 2.24) is 10.2 Å². The average Bonchev–Trinajstić information content (AvgIpc) is 3.26. The summed E-state index contributed by atoms with van der Waals surface area (Å²) in [6.07, 6.45) is 2.35. The van der Waals surface area contributed by atoms with Crippen LogP contribution in [0, 0.1) is 12.7 Å². The Morgan fingerprint density at radius 3 is 2.87 bits per heavy atom. The monoisotopic (exact) mass is 332 g/mol. The lowest BCUT2D eigenvalue weighted by molar-refractivity contribution is -0.122. The van der Waals surface area contributed by atoms with Crippen LogP contribution in [0.1, 0.15) is 28.8 Å². The maximum Gasteiger partial charge on any atom is 0.234 e. The summed E-state index contributed by atoms with van der Waals surface area (Å²) >= 11 is 1.73. The first-order valence-corrected chi connectivity index (χ1v) is 8.78. The predicted octanol–water partition coefficient (Wildman–Crippen LogP) is 3.48. The summed E-state index contributed by atoms with van der Waals surface area (Å²) in [6.45, 7) is 3.43. The Kier molecular flexibility index (Phi) is 5.08. The molecule has 1 heterocycles. The first-order chi connectivity index (χ1) is 11.1. The van der Waals surface area contributed by atoms with Gasteiger partial charge in [0.2, 0.25) is 5.91 Å². The molecule has 0 saturated heterocycles. The highest BCUT2D eigenvalue weighted by atomic mass is 32.1. The number of amides is 1. The Balaban J connectivity index is 1.51. The van der Waals surface area contributed by atoms with Crippen LogP contribution in [0.5, 0.6) is 0 Å². The zero-order chi connectivity index (χ0) is 16.2. The van der Waals surface area contributed by atoms with E-state index in [9.17, 15) is 9.18 Å². The van der Waals surface area contributed by atoms with Gasteiger partial charge in [-0.05, 0) is 48.4 Å². The van der Waals surface area contributed by atoms with E-state index in [1.807, 2.05) is 6.07 Å². The SMILES string of the molecule is Cc1cc(CNC(=O)CN(Cc2cccs2)C2CC2)ccc1F. The molecule has 0 atom stereocenters. The van der Waals surface area contributed by atoms with Crippen molar-refractivity contribution in [2.75, 3.05) is 6.54 Å². The Bertz CT molecular complexity index is 668. The van der Waals surface area contributed by atoms with E-state index in [0.717, 1.165) is 12.1 Å². The van der Waals surface area contributed by atoms with Crippen molar-refractivity contribution in [3.8, 4) is 0 Å². The highest BCUT2D eigenvalue weighted by Gasteiger charge is 2.30. The van der Waals surface area contributed by atoms with Gasteiger partial charge in [-0.1, -0.05) is 18.2 Å². The van der Waals surface area contributed by atoms with Crippen LogP contribution in [-0.2, 0) is 17.9 Å². The van der Waals surface area contributed by atoms with E-state index in [-0.39, 0.29) is 11.7 Å². The Morgan fingerprint density at radius 2 is 2.22 bits per heavy atom. The van der Waals surface area contributed by atoms with E-state index in [2.05, 4.69) is 21.7 Å². The predicted molar refractivity (Wildman–Crippen MR) is 90.7 cm³/mol. The quantitative estimate of drug-likeness (QED) is 0.842. The Morgan fingerprint density at radius 1 is 1.39 bits per heavy atom. The van der Waals surface area contributed by atoms with Gasteiger partial charge in [0.1, 0.15) is 5.82 Å². The van der Waals surface area contributed by atoms with Gasteiger partial charge in [-0.25, -0.2) is 4.39 Å². The van der Waals surface area contributed by atoms with Crippen molar-refractivity contribution in [1.29, 1.82) is 0 Å². The number of hydrogen-bond donors (Lipinski definition) is 1. The molecule has 3 rings (SSSR count). The van der Waals surface area contributed by atoms with Crippen molar-refractivity contribution in [3.05, 3.63) is 57.5 Å². The molecule has 1 saturated carbocycles. The van der Waals surface area contributed by atoms with Crippen LogP contribution in [0.15, 0.2) is 35.7 Å². The lowest BCUT2D eigenvalue weighted by Gasteiger charge is -2.20. The molecule has 1 aliphatic carbocycles. The van der Waals surface area contributed by atoms with E-state index < -0.39 is 0 Å². The fourth-order valence-electron chi connectivity index (χ4n) is 2.61. The zero-order valence-electron chi connectivity index (χ0n) is 13.2. The summed E-state index contributed by atoms with van der Waals surface area (Å²) in [5, 5.41) is 5.01. The number of benzene rings is 1. The van der Waals surface area contributed by atoms with Crippen LogP contribution in [0.25, 0.3) is 0 Å².